The van der Waals surface area contributed by atoms with Gasteiger partial charge in [0.1, 0.15) is 5.60 Å². The van der Waals surface area contributed by atoms with Gasteiger partial charge in [-0.3, -0.25) is 4.79 Å². The van der Waals surface area contributed by atoms with E-state index >= 15 is 0 Å². The number of carbonyl (C=O) groups excluding carboxylic acids is 2. The number of nitrogens with zero attached hydrogens (tertiary/aromatic N) is 2. The van der Waals surface area contributed by atoms with Crippen molar-refractivity contribution in [3.8, 4) is 11.1 Å². The van der Waals surface area contributed by atoms with Crippen LogP contribution in [0.25, 0.3) is 27.5 Å². The summed E-state index contributed by atoms with van der Waals surface area (Å²) in [4.78, 5) is 31.5. The molecule has 0 bridgehead atoms. The van der Waals surface area contributed by atoms with Gasteiger partial charge in [-0.1, -0.05) is 91.0 Å². The highest BCUT2D eigenvalue weighted by Gasteiger charge is 2.38. The highest BCUT2D eigenvalue weighted by molar-refractivity contribution is 6.03. The van der Waals surface area contributed by atoms with Crippen molar-refractivity contribution in [2.45, 2.75) is 58.2 Å². The zero-order chi connectivity index (χ0) is 29.3. The largest absolute Gasteiger partial charge is 0.444 e. The molecular weight excluding hydrogens is 520 g/mol. The van der Waals surface area contributed by atoms with Gasteiger partial charge in [-0.2, -0.15) is 0 Å². The summed E-state index contributed by atoms with van der Waals surface area (Å²) in [6.45, 7) is 6.89. The van der Waals surface area contributed by atoms with Crippen LogP contribution in [0.15, 0.2) is 103 Å². The van der Waals surface area contributed by atoms with Crippen LogP contribution in [-0.2, 0) is 16.1 Å². The van der Waals surface area contributed by atoms with Crippen LogP contribution < -0.4 is 0 Å². The summed E-state index contributed by atoms with van der Waals surface area (Å²) in [5, 5.41) is 2.34. The minimum atomic E-state index is -0.607. The van der Waals surface area contributed by atoms with Gasteiger partial charge >= 0.3 is 6.09 Å². The van der Waals surface area contributed by atoms with Crippen LogP contribution in [0.1, 0.15) is 51.2 Å². The monoisotopic (exact) mass is 558 g/mol. The Bertz CT molecular complexity index is 1640. The molecule has 6 rings (SSSR count). The average Bonchev–Trinajstić information content (AvgIpc) is 3.84. The van der Waals surface area contributed by atoms with E-state index in [9.17, 15) is 9.59 Å². The fourth-order valence-corrected chi connectivity index (χ4v) is 5.82. The van der Waals surface area contributed by atoms with E-state index in [1.54, 1.807) is 4.90 Å². The van der Waals surface area contributed by atoms with Gasteiger partial charge in [0, 0.05) is 24.7 Å². The van der Waals surface area contributed by atoms with Crippen molar-refractivity contribution in [1.29, 1.82) is 0 Å². The Morgan fingerprint density at radius 1 is 0.833 bits per heavy atom. The van der Waals surface area contributed by atoms with Gasteiger partial charge in [-0.15, -0.1) is 0 Å². The van der Waals surface area contributed by atoms with Crippen molar-refractivity contribution in [3.05, 3.63) is 114 Å². The maximum absolute atomic E-state index is 14.6. The number of carbonyl (C=O) groups is 2. The minimum absolute atomic E-state index is 0.0128. The number of ether oxygens (including phenoxy) is 1. The molecule has 42 heavy (non-hydrogen) atoms. The van der Waals surface area contributed by atoms with E-state index in [0.29, 0.717) is 25.1 Å². The molecule has 214 valence electrons. The van der Waals surface area contributed by atoms with Crippen molar-refractivity contribution < 1.29 is 14.3 Å². The van der Waals surface area contributed by atoms with Gasteiger partial charge < -0.3 is 14.5 Å². The van der Waals surface area contributed by atoms with Crippen LogP contribution >= 0.6 is 0 Å². The first-order chi connectivity index (χ1) is 20.3. The van der Waals surface area contributed by atoms with E-state index in [-0.39, 0.29) is 24.6 Å². The van der Waals surface area contributed by atoms with Gasteiger partial charge in [0.15, 0.2) is 0 Å². The second-order valence-electron chi connectivity index (χ2n) is 12.4. The van der Waals surface area contributed by atoms with E-state index in [1.165, 1.54) is 10.8 Å². The van der Waals surface area contributed by atoms with E-state index in [2.05, 4.69) is 72.8 Å². The molecule has 0 N–H and O–H groups in total. The average molecular weight is 559 g/mol. The maximum Gasteiger partial charge on any atom is 0.410 e. The molecule has 4 aromatic rings. The Hall–Kier alpha value is -4.38. The molecule has 0 spiro atoms. The topological polar surface area (TPSA) is 49.9 Å². The molecule has 1 saturated carbocycles. The predicted octanol–water partition coefficient (Wildman–Crippen LogP) is 8.09. The molecule has 1 heterocycles. The lowest BCUT2D eigenvalue weighted by atomic mass is 9.90. The number of fused-ring (bicyclic) bond motifs is 1. The second-order valence-corrected chi connectivity index (χ2v) is 12.4. The zero-order valence-corrected chi connectivity index (χ0v) is 24.7. The van der Waals surface area contributed by atoms with Crippen LogP contribution in [0.5, 0.6) is 0 Å². The van der Waals surface area contributed by atoms with Crippen molar-refractivity contribution in [2.24, 2.45) is 0 Å². The molecule has 1 aliphatic heterocycles. The van der Waals surface area contributed by atoms with Gasteiger partial charge in [-0.25, -0.2) is 4.79 Å². The first kappa shape index (κ1) is 27.8. The molecule has 0 atom stereocenters. The molecule has 0 radical (unpaired) electrons. The molecule has 0 unspecified atom stereocenters. The van der Waals surface area contributed by atoms with E-state index < -0.39 is 5.60 Å². The first-order valence-electron chi connectivity index (χ1n) is 14.9. The van der Waals surface area contributed by atoms with Crippen LogP contribution in [-0.4, -0.2) is 46.5 Å². The fraction of sp³-hybridized carbons (Fsp3) is 0.297. The van der Waals surface area contributed by atoms with E-state index in [0.717, 1.165) is 40.7 Å². The summed E-state index contributed by atoms with van der Waals surface area (Å²) in [7, 11) is 0. The highest BCUT2D eigenvalue weighted by Crippen LogP contribution is 2.36. The molecule has 1 aliphatic carbocycles. The second kappa shape index (κ2) is 11.5. The van der Waals surface area contributed by atoms with Crippen LogP contribution in [0.4, 0.5) is 4.79 Å². The van der Waals surface area contributed by atoms with Gasteiger partial charge in [0.2, 0.25) is 0 Å². The van der Waals surface area contributed by atoms with Crippen LogP contribution in [0.2, 0.25) is 0 Å². The van der Waals surface area contributed by atoms with Gasteiger partial charge in [0.05, 0.1) is 6.54 Å². The summed E-state index contributed by atoms with van der Waals surface area (Å²) < 4.78 is 5.73. The number of hydrogen-bond acceptors (Lipinski definition) is 3. The van der Waals surface area contributed by atoms with E-state index in [4.69, 9.17) is 4.74 Å². The normalized spacial score (nSPS) is 15.5. The van der Waals surface area contributed by atoms with Gasteiger partial charge in [-0.05, 0) is 84.7 Å². The fourth-order valence-electron chi connectivity index (χ4n) is 5.82. The van der Waals surface area contributed by atoms with Crippen LogP contribution in [0, 0.1) is 0 Å². The Kier molecular flexibility index (Phi) is 7.59. The van der Waals surface area contributed by atoms with Gasteiger partial charge in [0.25, 0.3) is 5.91 Å². The maximum atomic E-state index is 14.6. The number of benzene rings is 4. The number of hydrogen-bond donors (Lipinski definition) is 0. The quantitative estimate of drug-likeness (QED) is 0.240. The smallest absolute Gasteiger partial charge is 0.410 e. The Morgan fingerprint density at radius 3 is 2.26 bits per heavy atom. The molecule has 1 fully saturated rings. The molecule has 4 aromatic carbocycles. The zero-order valence-electron chi connectivity index (χ0n) is 24.7. The van der Waals surface area contributed by atoms with Crippen LogP contribution in [0.3, 0.4) is 0 Å². The molecule has 2 amide bonds. The first-order valence-corrected chi connectivity index (χ1v) is 14.9. The number of rotatable bonds is 6. The molecule has 2 aliphatic rings. The summed E-state index contributed by atoms with van der Waals surface area (Å²) in [5.41, 5.74) is 5.51. The van der Waals surface area contributed by atoms with Crippen molar-refractivity contribution in [2.75, 3.05) is 13.1 Å². The Balaban J connectivity index is 1.39. The summed E-state index contributed by atoms with van der Waals surface area (Å²) >= 11 is 0. The summed E-state index contributed by atoms with van der Waals surface area (Å²) in [6.07, 6.45) is 2.21. The lowest BCUT2D eigenvalue weighted by Gasteiger charge is -2.34. The third-order valence-electron chi connectivity index (χ3n) is 8.04. The highest BCUT2D eigenvalue weighted by atomic mass is 16.6. The molecule has 0 saturated heterocycles. The third-order valence-corrected chi connectivity index (χ3v) is 8.04. The Labute approximate surface area is 248 Å². The SMILES string of the molecule is CC(C)(C)OC(=O)N1CCC(c2cccc(-c3ccccc3)c2)=C(C(=O)N(Cc2cccc3ccccc23)C2CC2)C1. The standard InChI is InChI=1S/C37H38N2O3/c1-37(2,3)42-36(41)38-22-21-33(29-16-10-15-28(23-29)26-11-5-4-6-12-26)34(25-38)35(40)39(31-19-20-31)24-30-17-9-14-27-13-7-8-18-32(27)30/h4-18,23,31H,19-22,24-25H2,1-3H3. The predicted molar refractivity (Wildman–Crippen MR) is 169 cm³/mol. The van der Waals surface area contributed by atoms with Crippen molar-refractivity contribution >= 4 is 28.3 Å². The van der Waals surface area contributed by atoms with E-state index in [1.807, 2.05) is 49.9 Å². The van der Waals surface area contributed by atoms with Crippen molar-refractivity contribution in [1.82, 2.24) is 9.80 Å². The summed E-state index contributed by atoms with van der Waals surface area (Å²) in [6, 6.07) is 33.6. The van der Waals surface area contributed by atoms with Crippen molar-refractivity contribution in [3.63, 3.8) is 0 Å². The minimum Gasteiger partial charge on any atom is -0.444 e. The Morgan fingerprint density at radius 2 is 1.50 bits per heavy atom. The summed E-state index contributed by atoms with van der Waals surface area (Å²) in [5.74, 6) is 0.0128. The number of amides is 2. The lowest BCUT2D eigenvalue weighted by molar-refractivity contribution is -0.128. The molecular formula is C37H38N2O3. The molecule has 5 heteroatoms. The molecule has 0 aromatic heterocycles. The molecule has 5 nitrogen and oxygen atoms in total. The lowest BCUT2D eigenvalue weighted by Crippen LogP contribution is -2.44. The third kappa shape index (κ3) is 6.11.